The molecule has 2 aromatic carbocycles. The number of nitrogens with zero attached hydrogens (tertiary/aromatic N) is 3. The van der Waals surface area contributed by atoms with E-state index in [0.29, 0.717) is 28.0 Å². The smallest absolute Gasteiger partial charge is 0.346 e. The van der Waals surface area contributed by atoms with Gasteiger partial charge in [0.15, 0.2) is 6.10 Å². The van der Waals surface area contributed by atoms with Gasteiger partial charge in [0.25, 0.3) is 5.56 Å². The molecule has 0 radical (unpaired) electrons. The summed E-state index contributed by atoms with van der Waals surface area (Å²) in [7, 11) is 1.32. The fourth-order valence-electron chi connectivity index (χ4n) is 4.13. The lowest BCUT2D eigenvalue weighted by Crippen LogP contribution is -2.26. The summed E-state index contributed by atoms with van der Waals surface area (Å²) in [6, 6.07) is 12.7. The van der Waals surface area contributed by atoms with Crippen LogP contribution in [0.25, 0.3) is 10.9 Å². The first-order valence-electron chi connectivity index (χ1n) is 11.1. The van der Waals surface area contributed by atoms with E-state index < -0.39 is 12.1 Å². The van der Waals surface area contributed by atoms with Gasteiger partial charge in [-0.3, -0.25) is 4.79 Å². The van der Waals surface area contributed by atoms with Crippen LogP contribution in [-0.4, -0.2) is 35.1 Å². The number of esters is 1. The van der Waals surface area contributed by atoms with Crippen LogP contribution in [-0.2, 0) is 9.53 Å². The second-order valence-electron chi connectivity index (χ2n) is 8.15. The molecular formula is C25H26BrN3O4. The highest BCUT2D eigenvalue weighted by molar-refractivity contribution is 9.10. The van der Waals surface area contributed by atoms with E-state index in [1.54, 1.807) is 25.3 Å². The zero-order valence-electron chi connectivity index (χ0n) is 18.7. The standard InChI is InChI=1S/C25H26BrN3O4/c1-16(25(31)32-2)33-22-13-12-19(26)14-18(22)15-27-29-23(17-8-4-3-5-9-17)28-21-11-7-6-10-20(21)24(29)30/h6-7,10-17H,3-5,8-9H2,1-2H3/t16-/m0/s1. The molecule has 0 saturated heterocycles. The van der Waals surface area contributed by atoms with Crippen molar-refractivity contribution in [3.63, 3.8) is 0 Å². The third kappa shape index (κ3) is 5.16. The van der Waals surface area contributed by atoms with Crippen LogP contribution < -0.4 is 10.3 Å². The average molecular weight is 512 g/mol. The lowest BCUT2D eigenvalue weighted by Gasteiger charge is -2.22. The molecule has 0 amide bonds. The van der Waals surface area contributed by atoms with Crippen molar-refractivity contribution in [2.45, 2.75) is 51.0 Å². The van der Waals surface area contributed by atoms with Crippen molar-refractivity contribution in [2.24, 2.45) is 5.10 Å². The Balaban J connectivity index is 1.78. The minimum absolute atomic E-state index is 0.186. The number of aromatic nitrogens is 2. The summed E-state index contributed by atoms with van der Waals surface area (Å²) in [5.41, 5.74) is 1.11. The van der Waals surface area contributed by atoms with E-state index in [1.165, 1.54) is 18.2 Å². The summed E-state index contributed by atoms with van der Waals surface area (Å²) in [5, 5.41) is 5.10. The lowest BCUT2D eigenvalue weighted by molar-refractivity contribution is -0.147. The van der Waals surface area contributed by atoms with Crippen LogP contribution in [0.15, 0.2) is 56.8 Å². The van der Waals surface area contributed by atoms with Gasteiger partial charge in [0.2, 0.25) is 0 Å². The fourth-order valence-corrected chi connectivity index (χ4v) is 4.51. The number of halogens is 1. The van der Waals surface area contributed by atoms with E-state index in [1.807, 2.05) is 30.3 Å². The first-order chi connectivity index (χ1) is 16.0. The number of benzene rings is 2. The Labute approximate surface area is 200 Å². The van der Waals surface area contributed by atoms with Gasteiger partial charge in [-0.1, -0.05) is 47.3 Å². The van der Waals surface area contributed by atoms with Crippen LogP contribution in [0.2, 0.25) is 0 Å². The lowest BCUT2D eigenvalue weighted by atomic mass is 9.88. The maximum absolute atomic E-state index is 13.4. The first kappa shape index (κ1) is 23.2. The van der Waals surface area contributed by atoms with Gasteiger partial charge in [0.05, 0.1) is 24.2 Å². The van der Waals surface area contributed by atoms with Gasteiger partial charge in [-0.2, -0.15) is 9.78 Å². The number of ether oxygens (including phenoxy) is 2. The highest BCUT2D eigenvalue weighted by atomic mass is 79.9. The summed E-state index contributed by atoms with van der Waals surface area (Å²) in [6.07, 6.45) is 6.21. The number of fused-ring (bicyclic) bond motifs is 1. The van der Waals surface area contributed by atoms with Crippen molar-refractivity contribution < 1.29 is 14.3 Å². The van der Waals surface area contributed by atoms with Gasteiger partial charge in [-0.15, -0.1) is 0 Å². The van der Waals surface area contributed by atoms with E-state index >= 15 is 0 Å². The van der Waals surface area contributed by atoms with Gasteiger partial charge in [0, 0.05) is 16.0 Å². The third-order valence-corrected chi connectivity index (χ3v) is 6.36. The molecule has 0 spiro atoms. The molecule has 1 fully saturated rings. The van der Waals surface area contributed by atoms with Crippen LogP contribution in [0.4, 0.5) is 0 Å². The Kier molecular flexibility index (Phi) is 7.23. The second-order valence-corrected chi connectivity index (χ2v) is 9.06. The molecule has 1 saturated carbocycles. The maximum atomic E-state index is 13.4. The minimum Gasteiger partial charge on any atom is -0.478 e. The van der Waals surface area contributed by atoms with Crippen molar-refractivity contribution in [3.8, 4) is 5.75 Å². The summed E-state index contributed by atoms with van der Waals surface area (Å²) in [4.78, 5) is 30.0. The zero-order chi connectivity index (χ0) is 23.4. The van der Waals surface area contributed by atoms with Crippen LogP contribution >= 0.6 is 15.9 Å². The van der Waals surface area contributed by atoms with Gasteiger partial charge in [0.1, 0.15) is 11.6 Å². The second kappa shape index (κ2) is 10.3. The number of hydrogen-bond donors (Lipinski definition) is 0. The topological polar surface area (TPSA) is 82.8 Å². The number of para-hydroxylation sites is 1. The summed E-state index contributed by atoms with van der Waals surface area (Å²) in [6.45, 7) is 1.62. The largest absolute Gasteiger partial charge is 0.478 e. The number of carbonyl (C=O) groups excluding carboxylic acids is 1. The zero-order valence-corrected chi connectivity index (χ0v) is 20.2. The normalized spacial score (nSPS) is 15.6. The summed E-state index contributed by atoms with van der Waals surface area (Å²) < 4.78 is 12.8. The van der Waals surface area contributed by atoms with Gasteiger partial charge >= 0.3 is 5.97 Å². The van der Waals surface area contributed by atoms with Crippen molar-refractivity contribution in [2.75, 3.05) is 7.11 Å². The Morgan fingerprint density at radius 3 is 2.73 bits per heavy atom. The van der Waals surface area contributed by atoms with Crippen LogP contribution in [0.1, 0.15) is 56.3 Å². The van der Waals surface area contributed by atoms with E-state index in [9.17, 15) is 9.59 Å². The molecule has 0 N–H and O–H groups in total. The Bertz CT molecular complexity index is 1250. The molecular weight excluding hydrogens is 486 g/mol. The molecule has 1 aliphatic carbocycles. The molecule has 33 heavy (non-hydrogen) atoms. The van der Waals surface area contributed by atoms with Gasteiger partial charge in [-0.25, -0.2) is 9.78 Å². The SMILES string of the molecule is COC(=O)[C@H](C)Oc1ccc(Br)cc1C=Nn1c(C2CCCCC2)nc2ccccc2c1=O. The van der Waals surface area contributed by atoms with Crippen LogP contribution in [0.3, 0.4) is 0 Å². The molecule has 0 unspecified atom stereocenters. The number of rotatable bonds is 6. The fraction of sp³-hybridized carbons (Fsp3) is 0.360. The van der Waals surface area contributed by atoms with Gasteiger partial charge < -0.3 is 9.47 Å². The molecule has 0 aliphatic heterocycles. The molecule has 1 atom stereocenters. The molecule has 1 aliphatic rings. The number of carbonyl (C=O) groups is 1. The van der Waals surface area contributed by atoms with Crippen molar-refractivity contribution in [1.82, 2.24) is 9.66 Å². The Hall–Kier alpha value is -3.00. The van der Waals surface area contributed by atoms with Crippen molar-refractivity contribution in [1.29, 1.82) is 0 Å². The highest BCUT2D eigenvalue weighted by Gasteiger charge is 2.22. The summed E-state index contributed by atoms with van der Waals surface area (Å²) in [5.74, 6) is 0.858. The predicted molar refractivity (Wildman–Crippen MR) is 131 cm³/mol. The molecule has 1 aromatic heterocycles. The van der Waals surface area contributed by atoms with E-state index in [-0.39, 0.29) is 11.5 Å². The minimum atomic E-state index is -0.786. The highest BCUT2D eigenvalue weighted by Crippen LogP contribution is 2.32. The Morgan fingerprint density at radius 1 is 1.21 bits per heavy atom. The third-order valence-electron chi connectivity index (χ3n) is 5.87. The van der Waals surface area contributed by atoms with E-state index in [0.717, 1.165) is 30.2 Å². The molecule has 4 rings (SSSR count). The van der Waals surface area contributed by atoms with Crippen LogP contribution in [0, 0.1) is 0 Å². The number of methoxy groups -OCH3 is 1. The molecule has 1 heterocycles. The van der Waals surface area contributed by atoms with E-state index in [4.69, 9.17) is 14.5 Å². The molecule has 0 bridgehead atoms. The maximum Gasteiger partial charge on any atom is 0.346 e. The monoisotopic (exact) mass is 511 g/mol. The first-order valence-corrected chi connectivity index (χ1v) is 11.9. The number of hydrogen-bond acceptors (Lipinski definition) is 6. The van der Waals surface area contributed by atoms with E-state index in [2.05, 4.69) is 21.0 Å². The van der Waals surface area contributed by atoms with Gasteiger partial charge in [-0.05, 0) is 50.1 Å². The molecule has 8 heteroatoms. The average Bonchev–Trinajstić information content (AvgIpc) is 2.84. The van der Waals surface area contributed by atoms with Crippen molar-refractivity contribution >= 4 is 39.0 Å². The summed E-state index contributed by atoms with van der Waals surface area (Å²) >= 11 is 3.47. The van der Waals surface area contributed by atoms with Crippen molar-refractivity contribution in [3.05, 3.63) is 68.7 Å². The quantitative estimate of drug-likeness (QED) is 0.342. The van der Waals surface area contributed by atoms with Crippen LogP contribution in [0.5, 0.6) is 5.75 Å². The molecule has 172 valence electrons. The Morgan fingerprint density at radius 2 is 1.97 bits per heavy atom. The molecule has 7 nitrogen and oxygen atoms in total. The molecule has 3 aromatic rings. The predicted octanol–water partition coefficient (Wildman–Crippen LogP) is 5.03.